The van der Waals surface area contributed by atoms with Gasteiger partial charge in [0.1, 0.15) is 5.60 Å². The molecule has 0 aliphatic rings. The molecule has 2 aromatic heterocycles. The molecule has 148 valence electrons. The van der Waals surface area contributed by atoms with Crippen molar-refractivity contribution in [1.82, 2.24) is 15.4 Å². The van der Waals surface area contributed by atoms with Crippen molar-refractivity contribution < 1.29 is 4.74 Å². The highest BCUT2D eigenvalue weighted by molar-refractivity contribution is 5.99. The van der Waals surface area contributed by atoms with Crippen LogP contribution in [0.3, 0.4) is 0 Å². The number of H-pyrrole nitrogens is 2. The van der Waals surface area contributed by atoms with Crippen molar-refractivity contribution in [2.24, 2.45) is 15.8 Å². The Morgan fingerprint density at radius 2 is 1.72 bits per heavy atom. The molecule has 0 radical (unpaired) electrons. The van der Waals surface area contributed by atoms with Gasteiger partial charge in [-0.2, -0.15) is 5.10 Å². The number of fused-ring (bicyclic) bond motifs is 2. The van der Waals surface area contributed by atoms with E-state index in [2.05, 4.69) is 31.6 Å². The summed E-state index contributed by atoms with van der Waals surface area (Å²) in [5.74, 6) is 0.226. The number of para-hydroxylation sites is 2. The molecule has 2 heterocycles. The first kappa shape index (κ1) is 18.8. The number of methoxy groups -OCH3 is 1. The van der Waals surface area contributed by atoms with Crippen LogP contribution in [0.2, 0.25) is 0 Å². The number of aliphatic imine (C=N–C) groups is 1. The van der Waals surface area contributed by atoms with Gasteiger partial charge in [0.15, 0.2) is 0 Å². The predicted octanol–water partition coefficient (Wildman–Crippen LogP) is 3.45. The van der Waals surface area contributed by atoms with E-state index in [1.165, 1.54) is 0 Å². The first-order valence-corrected chi connectivity index (χ1v) is 9.37. The topological polar surface area (TPSA) is 104 Å². The highest BCUT2D eigenvalue weighted by atomic mass is 16.5. The quantitative estimate of drug-likeness (QED) is 0.231. The van der Waals surface area contributed by atoms with Crippen molar-refractivity contribution >= 4 is 34.0 Å². The Bertz CT molecular complexity index is 1190. The maximum atomic E-state index is 6.01. The van der Waals surface area contributed by atoms with E-state index in [-0.39, 0.29) is 5.96 Å². The van der Waals surface area contributed by atoms with E-state index in [9.17, 15) is 0 Å². The second-order valence-electron chi connectivity index (χ2n) is 7.04. The first-order chi connectivity index (χ1) is 14.1. The molecule has 7 heteroatoms. The van der Waals surface area contributed by atoms with Crippen molar-refractivity contribution in [3.63, 3.8) is 0 Å². The monoisotopic (exact) mass is 388 g/mol. The van der Waals surface area contributed by atoms with Crippen LogP contribution in [0.25, 0.3) is 21.8 Å². The summed E-state index contributed by atoms with van der Waals surface area (Å²) in [4.78, 5) is 10.9. The maximum absolute atomic E-state index is 6.01. The third kappa shape index (κ3) is 3.72. The fourth-order valence-electron chi connectivity index (χ4n) is 3.41. The van der Waals surface area contributed by atoms with Gasteiger partial charge in [-0.1, -0.05) is 36.4 Å². The van der Waals surface area contributed by atoms with E-state index in [1.807, 2.05) is 61.8 Å². The van der Waals surface area contributed by atoms with Crippen molar-refractivity contribution in [1.29, 1.82) is 0 Å². The summed E-state index contributed by atoms with van der Waals surface area (Å²) < 4.78 is 5.80. The van der Waals surface area contributed by atoms with Gasteiger partial charge in [0.2, 0.25) is 5.96 Å². The second kappa shape index (κ2) is 7.81. The number of guanidine groups is 1. The summed E-state index contributed by atoms with van der Waals surface area (Å²) in [5.41, 5.74) is 12.3. The molecular weight excluding hydrogens is 364 g/mol. The summed E-state index contributed by atoms with van der Waals surface area (Å²) in [6.07, 6.45) is 5.58. The number of aromatic nitrogens is 2. The van der Waals surface area contributed by atoms with Crippen LogP contribution in [0, 0.1) is 0 Å². The normalized spacial score (nSPS) is 14.6. The largest absolute Gasteiger partial charge is 0.372 e. The number of hydrazone groups is 1. The molecule has 7 nitrogen and oxygen atoms in total. The van der Waals surface area contributed by atoms with Gasteiger partial charge in [0.25, 0.3) is 0 Å². The molecule has 0 fully saturated rings. The highest BCUT2D eigenvalue weighted by Gasteiger charge is 2.29. The molecule has 0 amide bonds. The lowest BCUT2D eigenvalue weighted by Gasteiger charge is -2.26. The number of ether oxygens (including phenoxy) is 1. The van der Waals surface area contributed by atoms with Crippen LogP contribution in [0.1, 0.15) is 18.1 Å². The third-order valence-electron chi connectivity index (χ3n) is 5.16. The molecule has 29 heavy (non-hydrogen) atoms. The smallest absolute Gasteiger partial charge is 0.209 e. The van der Waals surface area contributed by atoms with Gasteiger partial charge in [0.05, 0.1) is 12.8 Å². The zero-order valence-corrected chi connectivity index (χ0v) is 16.4. The maximum Gasteiger partial charge on any atom is 0.209 e. The van der Waals surface area contributed by atoms with E-state index >= 15 is 0 Å². The fourth-order valence-corrected chi connectivity index (χ4v) is 3.41. The van der Waals surface area contributed by atoms with Gasteiger partial charge in [-0.3, -0.25) is 0 Å². The second-order valence-corrected chi connectivity index (χ2v) is 7.04. The average molecular weight is 388 g/mol. The minimum Gasteiger partial charge on any atom is -0.372 e. The van der Waals surface area contributed by atoms with Gasteiger partial charge >= 0.3 is 0 Å². The van der Waals surface area contributed by atoms with E-state index < -0.39 is 5.60 Å². The Labute approximate surface area is 168 Å². The lowest BCUT2D eigenvalue weighted by molar-refractivity contribution is 0.0117. The van der Waals surface area contributed by atoms with Gasteiger partial charge in [-0.15, -0.1) is 0 Å². The Kier molecular flexibility index (Phi) is 5.05. The van der Waals surface area contributed by atoms with Crippen LogP contribution in [-0.4, -0.2) is 35.8 Å². The van der Waals surface area contributed by atoms with Gasteiger partial charge in [-0.05, 0) is 19.1 Å². The molecule has 5 N–H and O–H groups in total. The summed E-state index contributed by atoms with van der Waals surface area (Å²) >= 11 is 0. The van der Waals surface area contributed by atoms with Crippen molar-refractivity contribution in [2.45, 2.75) is 12.5 Å². The molecular formula is C22H24N6O. The van der Waals surface area contributed by atoms with Crippen molar-refractivity contribution in [2.75, 3.05) is 13.7 Å². The number of hydrogen-bond acceptors (Lipinski definition) is 3. The van der Waals surface area contributed by atoms with Gasteiger partial charge in [-0.25, -0.2) is 10.4 Å². The molecule has 0 saturated heterocycles. The number of nitrogens with zero attached hydrogens (tertiary/aromatic N) is 2. The number of hydrogen-bond donors (Lipinski definition) is 4. The SMILES string of the molecule is COC(C)(CN=C(N)NN=Cc1c[nH]c2ccccc12)c1c[nH]c2ccccc12. The molecule has 4 aromatic rings. The Morgan fingerprint density at radius 3 is 2.48 bits per heavy atom. The molecule has 0 saturated carbocycles. The lowest BCUT2D eigenvalue weighted by atomic mass is 9.95. The molecule has 0 spiro atoms. The standard InChI is InChI=1S/C22H24N6O/c1-22(29-2,18-13-25-20-10-6-4-8-17(18)20)14-26-21(23)28-27-12-15-11-24-19-9-5-3-7-16(15)19/h3-13,24-25H,14H2,1-2H3,(H3,23,26,28). The molecule has 2 aromatic carbocycles. The molecule has 1 unspecified atom stereocenters. The zero-order valence-electron chi connectivity index (χ0n) is 16.4. The van der Waals surface area contributed by atoms with E-state index in [0.717, 1.165) is 32.9 Å². The fraction of sp³-hybridized carbons (Fsp3) is 0.182. The van der Waals surface area contributed by atoms with Crippen LogP contribution in [0.15, 0.2) is 71.0 Å². The number of nitrogens with two attached hydrogens (primary N) is 1. The number of aromatic amines is 2. The average Bonchev–Trinajstić information content (AvgIpc) is 3.37. The summed E-state index contributed by atoms with van der Waals surface area (Å²) in [6, 6.07) is 16.1. The Morgan fingerprint density at radius 1 is 1.07 bits per heavy atom. The zero-order chi connectivity index (χ0) is 20.3. The van der Waals surface area contributed by atoms with Crippen LogP contribution < -0.4 is 11.2 Å². The number of benzene rings is 2. The van der Waals surface area contributed by atoms with Crippen molar-refractivity contribution in [3.8, 4) is 0 Å². The summed E-state index contributed by atoms with van der Waals surface area (Å²) in [5, 5.41) is 6.41. The Balaban J connectivity index is 1.47. The van der Waals surface area contributed by atoms with E-state index in [4.69, 9.17) is 10.5 Å². The lowest BCUT2D eigenvalue weighted by Crippen LogP contribution is -2.33. The third-order valence-corrected chi connectivity index (χ3v) is 5.16. The van der Waals surface area contributed by atoms with E-state index in [0.29, 0.717) is 6.54 Å². The summed E-state index contributed by atoms with van der Waals surface area (Å²) in [7, 11) is 1.68. The highest BCUT2D eigenvalue weighted by Crippen LogP contribution is 2.31. The first-order valence-electron chi connectivity index (χ1n) is 9.37. The Hall–Kier alpha value is -3.58. The number of rotatable bonds is 6. The van der Waals surface area contributed by atoms with Crippen LogP contribution in [0.4, 0.5) is 0 Å². The minimum atomic E-state index is -0.619. The molecule has 1 atom stereocenters. The van der Waals surface area contributed by atoms with Crippen LogP contribution in [0.5, 0.6) is 0 Å². The molecule has 0 aliphatic heterocycles. The minimum absolute atomic E-state index is 0.226. The van der Waals surface area contributed by atoms with Crippen molar-refractivity contribution in [3.05, 3.63) is 72.1 Å². The molecule has 0 bridgehead atoms. The predicted molar refractivity (Wildman–Crippen MR) is 118 cm³/mol. The van der Waals surface area contributed by atoms with E-state index in [1.54, 1.807) is 13.3 Å². The molecule has 4 rings (SSSR count). The summed E-state index contributed by atoms with van der Waals surface area (Å²) in [6.45, 7) is 2.35. The van der Waals surface area contributed by atoms with Gasteiger partial charge < -0.3 is 20.4 Å². The number of nitrogens with one attached hydrogen (secondary N) is 3. The van der Waals surface area contributed by atoms with Crippen LogP contribution in [-0.2, 0) is 10.3 Å². The molecule has 0 aliphatic carbocycles. The van der Waals surface area contributed by atoms with Gasteiger partial charge in [0, 0.05) is 52.4 Å². The van der Waals surface area contributed by atoms with Crippen LogP contribution >= 0.6 is 0 Å².